The van der Waals surface area contributed by atoms with Gasteiger partial charge in [0.25, 0.3) is 23.6 Å². The Morgan fingerprint density at radius 2 is 0.960 bits per heavy atom. The number of carbonyl (C=O) groups excluding carboxylic acids is 10. The largest absolute Gasteiger partial charge is 0.382 e. The Bertz CT molecular complexity index is 1760. The summed E-state index contributed by atoms with van der Waals surface area (Å²) in [7, 11) is 1.62. The molecular weight excluding hydrogens is 999 g/mol. The molecule has 0 saturated carbocycles. The number of amides is 9. The second-order valence-corrected chi connectivity index (χ2v) is 16.4. The van der Waals surface area contributed by atoms with Crippen LogP contribution in [0.25, 0.3) is 0 Å². The molecule has 0 aromatic rings. The van der Waals surface area contributed by atoms with Crippen molar-refractivity contribution in [2.24, 2.45) is 0 Å². The number of hydrogen-bond acceptors (Lipinski definition) is 21. The molecule has 9 amide bonds. The first-order valence-electron chi connectivity index (χ1n) is 25.0. The summed E-state index contributed by atoms with van der Waals surface area (Å²) in [5, 5.41) is 12.8. The second-order valence-electron chi connectivity index (χ2n) is 16.4. The highest BCUT2D eigenvalue weighted by atomic mass is 16.7. The highest BCUT2D eigenvalue weighted by Gasteiger charge is 2.33. The van der Waals surface area contributed by atoms with E-state index in [4.69, 9.17) is 52.2 Å². The van der Waals surface area contributed by atoms with Crippen molar-refractivity contribution in [3.05, 3.63) is 12.2 Å². The van der Waals surface area contributed by atoms with Gasteiger partial charge in [-0.1, -0.05) is 0 Å². The molecule has 5 N–H and O–H groups in total. The van der Waals surface area contributed by atoms with E-state index in [-0.39, 0.29) is 70.9 Å². The van der Waals surface area contributed by atoms with Crippen LogP contribution in [0.3, 0.4) is 0 Å². The summed E-state index contributed by atoms with van der Waals surface area (Å²) in [6.07, 6.45) is 2.87. The molecule has 75 heavy (non-hydrogen) atoms. The van der Waals surface area contributed by atoms with E-state index in [2.05, 4.69) is 26.6 Å². The van der Waals surface area contributed by atoms with Crippen molar-refractivity contribution in [2.75, 3.05) is 152 Å². The summed E-state index contributed by atoms with van der Waals surface area (Å²) in [6.45, 7) is 9.57. The van der Waals surface area contributed by atoms with Gasteiger partial charge in [0.1, 0.15) is 31.3 Å². The van der Waals surface area contributed by atoms with E-state index < -0.39 is 77.9 Å². The molecule has 0 aliphatic carbocycles. The third kappa shape index (κ3) is 31.8. The number of nitrogens with zero attached hydrogens (tertiary/aromatic N) is 2. The molecule has 3 atom stereocenters. The van der Waals surface area contributed by atoms with Crippen LogP contribution in [-0.4, -0.2) is 239 Å². The van der Waals surface area contributed by atoms with Gasteiger partial charge < -0.3 is 78.8 Å². The number of carbonyl (C=O) groups is 10. The molecule has 1 fully saturated rings. The number of hydroxylamine groups is 2. The van der Waals surface area contributed by atoms with Crippen LogP contribution < -0.4 is 26.6 Å². The number of ether oxygens (including phenoxy) is 10. The van der Waals surface area contributed by atoms with E-state index in [1.807, 2.05) is 0 Å². The Morgan fingerprint density at radius 3 is 1.44 bits per heavy atom. The van der Waals surface area contributed by atoms with Crippen LogP contribution in [0.15, 0.2) is 12.2 Å². The molecular formula is C47H77N7O21. The minimum Gasteiger partial charge on any atom is -0.382 e. The second kappa shape index (κ2) is 41.7. The highest BCUT2D eigenvalue weighted by molar-refractivity contribution is 6.12. The van der Waals surface area contributed by atoms with E-state index in [1.54, 1.807) is 7.11 Å². The zero-order chi connectivity index (χ0) is 54.9. The average Bonchev–Trinajstić information content (AvgIpc) is 3.88. The quantitative estimate of drug-likeness (QED) is 0.0299. The minimum absolute atomic E-state index is 0.0133. The molecule has 2 aliphatic rings. The maximum atomic E-state index is 13.4. The van der Waals surface area contributed by atoms with Crippen molar-refractivity contribution in [2.45, 2.75) is 76.9 Å². The number of rotatable bonds is 47. The van der Waals surface area contributed by atoms with Crippen molar-refractivity contribution in [1.29, 1.82) is 0 Å². The Kier molecular flexibility index (Phi) is 36.4. The van der Waals surface area contributed by atoms with Crippen molar-refractivity contribution < 1.29 is 100 Å². The fourth-order valence-corrected chi connectivity index (χ4v) is 6.29. The van der Waals surface area contributed by atoms with Crippen molar-refractivity contribution in [1.82, 2.24) is 36.5 Å². The van der Waals surface area contributed by atoms with Gasteiger partial charge >= 0.3 is 5.97 Å². The molecule has 2 rings (SSSR count). The Morgan fingerprint density at radius 1 is 0.520 bits per heavy atom. The summed E-state index contributed by atoms with van der Waals surface area (Å²) in [5.41, 5.74) is 0. The zero-order valence-electron chi connectivity index (χ0n) is 43.4. The molecule has 0 aromatic carbocycles. The molecule has 28 heteroatoms. The van der Waals surface area contributed by atoms with E-state index in [1.165, 1.54) is 13.8 Å². The van der Waals surface area contributed by atoms with E-state index in [0.717, 1.165) is 17.1 Å². The average molecular weight is 1080 g/mol. The minimum atomic E-state index is -1.21. The van der Waals surface area contributed by atoms with Gasteiger partial charge in [0, 0.05) is 51.6 Å². The maximum Gasteiger partial charge on any atom is 0.352 e. The molecule has 3 unspecified atom stereocenters. The van der Waals surface area contributed by atoms with Gasteiger partial charge in [0.2, 0.25) is 29.5 Å². The predicted octanol–water partition coefficient (Wildman–Crippen LogP) is -3.01. The first-order chi connectivity index (χ1) is 36.2. The Hall–Kier alpha value is -5.56. The van der Waals surface area contributed by atoms with Crippen LogP contribution >= 0.6 is 0 Å². The van der Waals surface area contributed by atoms with Crippen molar-refractivity contribution in [3.8, 4) is 0 Å². The fraction of sp³-hybridized carbons (Fsp3) is 0.745. The highest BCUT2D eigenvalue weighted by Crippen LogP contribution is 2.12. The number of unbranched alkanes of at least 4 members (excludes halogenated alkanes) is 1. The molecule has 2 aliphatic heterocycles. The fourth-order valence-electron chi connectivity index (χ4n) is 6.29. The number of hydrogen-bond donors (Lipinski definition) is 5. The lowest BCUT2D eigenvalue weighted by atomic mass is 10.1. The maximum absolute atomic E-state index is 13.4. The summed E-state index contributed by atoms with van der Waals surface area (Å²) in [5.74, 6) is -6.73. The van der Waals surface area contributed by atoms with Crippen LogP contribution in [0, 0.1) is 0 Å². The monoisotopic (exact) mass is 1080 g/mol. The predicted molar refractivity (Wildman–Crippen MR) is 259 cm³/mol. The molecule has 2 heterocycles. The molecule has 1 saturated heterocycles. The summed E-state index contributed by atoms with van der Waals surface area (Å²) in [6, 6.07) is -3.55. The van der Waals surface area contributed by atoms with E-state index >= 15 is 0 Å². The van der Waals surface area contributed by atoms with Crippen molar-refractivity contribution in [3.63, 3.8) is 0 Å². The zero-order valence-corrected chi connectivity index (χ0v) is 43.4. The summed E-state index contributed by atoms with van der Waals surface area (Å²) >= 11 is 0. The molecule has 426 valence electrons. The number of nitrogens with one attached hydrogen (secondary N) is 5. The van der Waals surface area contributed by atoms with Crippen molar-refractivity contribution >= 4 is 59.1 Å². The van der Waals surface area contributed by atoms with Gasteiger partial charge in [-0.3, -0.25) is 48.1 Å². The molecule has 0 radical (unpaired) electrons. The van der Waals surface area contributed by atoms with Gasteiger partial charge in [-0.05, 0) is 39.5 Å². The van der Waals surface area contributed by atoms with Gasteiger partial charge in [-0.2, -0.15) is 0 Å². The lowest BCUT2D eigenvalue weighted by Crippen LogP contribution is -2.55. The third-order valence-corrected chi connectivity index (χ3v) is 10.3. The first kappa shape index (κ1) is 65.6. The first-order valence-corrected chi connectivity index (χ1v) is 25.0. The van der Waals surface area contributed by atoms with Gasteiger partial charge in [0.15, 0.2) is 0 Å². The molecule has 28 nitrogen and oxygen atoms in total. The van der Waals surface area contributed by atoms with Crippen LogP contribution in [-0.2, 0) is 100 Å². The Labute approximate surface area is 436 Å². The summed E-state index contributed by atoms with van der Waals surface area (Å²) < 4.78 is 53.7. The van der Waals surface area contributed by atoms with E-state index in [9.17, 15) is 47.9 Å². The van der Waals surface area contributed by atoms with Crippen LogP contribution in [0.5, 0.6) is 0 Å². The standard InChI is InChI=1S/C47H77N7O21/c1-35(45(62)49-33-44(61)75-54-42(59)11-12-43(54)60)50-46(63)36(2)51-47(64)37(52-38(55)8-6-14-53-40(57)9-10-41(53)58)7-4-5-13-48-39(56)34-74-32-31-73-30-29-72-28-27-71-26-25-70-24-23-69-22-21-68-20-19-67-18-17-66-16-15-65-3/h9-10,35-37H,4-8,11-34H2,1-3H3,(H,48,56)(H,49,62)(H,50,63)(H,51,64)(H,52,55). The molecule has 0 aromatic heterocycles. The normalized spacial score (nSPS) is 14.5. The van der Waals surface area contributed by atoms with Crippen LogP contribution in [0.2, 0.25) is 0 Å². The van der Waals surface area contributed by atoms with E-state index in [0.29, 0.717) is 124 Å². The SMILES string of the molecule is COCCOCCOCCOCCOCCOCCOCCOCCOCCOCC(=O)NCCCCC(NC(=O)CCCN1C(=O)C=CC1=O)C(=O)NC(C)C(=O)NC(C)C(=O)NCC(=O)ON1C(=O)CCC1=O. The van der Waals surface area contributed by atoms with Gasteiger partial charge in [-0.15, -0.1) is 5.06 Å². The lowest BCUT2D eigenvalue weighted by Gasteiger charge is -2.22. The van der Waals surface area contributed by atoms with Gasteiger partial charge in [-0.25, -0.2) is 4.79 Å². The third-order valence-electron chi connectivity index (χ3n) is 10.3. The van der Waals surface area contributed by atoms with Gasteiger partial charge in [0.05, 0.1) is 119 Å². The topological polar surface area (TPSA) is 339 Å². The number of methoxy groups -OCH3 is 1. The lowest BCUT2D eigenvalue weighted by molar-refractivity contribution is -0.196. The Balaban J connectivity index is 1.54. The summed E-state index contributed by atoms with van der Waals surface area (Å²) in [4.78, 5) is 129. The van der Waals surface area contributed by atoms with Crippen LogP contribution in [0.1, 0.15) is 58.8 Å². The van der Waals surface area contributed by atoms with Crippen LogP contribution in [0.4, 0.5) is 0 Å². The smallest absolute Gasteiger partial charge is 0.352 e. The number of imide groups is 2. The molecule has 0 spiro atoms. The molecule has 0 bridgehead atoms.